The summed E-state index contributed by atoms with van der Waals surface area (Å²) in [6, 6.07) is 5.81. The largest absolute Gasteiger partial charge is 0.383 e. The molecule has 0 aromatic carbocycles. The van der Waals surface area contributed by atoms with Crippen molar-refractivity contribution in [3.05, 3.63) is 36.4 Å². The van der Waals surface area contributed by atoms with Gasteiger partial charge in [-0.15, -0.1) is 0 Å². The van der Waals surface area contributed by atoms with Crippen LogP contribution in [0.15, 0.2) is 30.6 Å². The Morgan fingerprint density at radius 1 is 1.35 bits per heavy atom. The van der Waals surface area contributed by atoms with Gasteiger partial charge >= 0.3 is 0 Å². The number of hydrogen-bond donors (Lipinski definition) is 2. The minimum absolute atomic E-state index is 0.702. The Bertz CT molecular complexity index is 441. The van der Waals surface area contributed by atoms with Gasteiger partial charge in [0.05, 0.1) is 30.7 Å². The summed E-state index contributed by atoms with van der Waals surface area (Å²) in [5.74, 6) is 0.904. The molecule has 0 bridgehead atoms. The van der Waals surface area contributed by atoms with Crippen molar-refractivity contribution in [2.75, 3.05) is 20.3 Å². The van der Waals surface area contributed by atoms with Crippen LogP contribution < -0.4 is 5.32 Å². The summed E-state index contributed by atoms with van der Waals surface area (Å²) in [5, 5.41) is 3.23. The predicted octanol–water partition coefficient (Wildman–Crippen LogP) is 1.21. The summed E-state index contributed by atoms with van der Waals surface area (Å²) < 4.78 is 4.95. The molecule has 0 radical (unpaired) electrons. The minimum Gasteiger partial charge on any atom is -0.383 e. The van der Waals surface area contributed by atoms with Crippen molar-refractivity contribution in [3.8, 4) is 11.4 Å². The molecular weight excluding hydrogens is 216 g/mol. The number of H-pyrrole nitrogens is 1. The molecule has 5 nitrogen and oxygen atoms in total. The van der Waals surface area contributed by atoms with Gasteiger partial charge in [-0.3, -0.25) is 4.98 Å². The third-order valence-electron chi connectivity index (χ3n) is 2.34. The van der Waals surface area contributed by atoms with Crippen LogP contribution in [0, 0.1) is 0 Å². The summed E-state index contributed by atoms with van der Waals surface area (Å²) in [5.41, 5.74) is 1.84. The van der Waals surface area contributed by atoms with Gasteiger partial charge in [0.25, 0.3) is 0 Å². The van der Waals surface area contributed by atoms with Crippen molar-refractivity contribution >= 4 is 0 Å². The molecule has 0 aliphatic carbocycles. The van der Waals surface area contributed by atoms with E-state index in [1.54, 1.807) is 19.5 Å². The van der Waals surface area contributed by atoms with Gasteiger partial charge in [-0.05, 0) is 12.1 Å². The molecule has 2 heterocycles. The first-order chi connectivity index (χ1) is 8.40. The molecule has 2 aromatic rings. The Kier molecular flexibility index (Phi) is 4.23. The molecule has 0 saturated carbocycles. The molecule has 2 aromatic heterocycles. The fourth-order valence-electron chi connectivity index (χ4n) is 1.49. The third kappa shape index (κ3) is 3.37. The van der Waals surface area contributed by atoms with Gasteiger partial charge in [-0.25, -0.2) is 4.98 Å². The highest BCUT2D eigenvalue weighted by Gasteiger charge is 2.02. The molecule has 90 valence electrons. The number of nitrogens with zero attached hydrogens (tertiary/aromatic N) is 2. The number of pyridine rings is 1. The van der Waals surface area contributed by atoms with Crippen molar-refractivity contribution in [2.45, 2.75) is 6.54 Å². The fourth-order valence-corrected chi connectivity index (χ4v) is 1.49. The van der Waals surface area contributed by atoms with Crippen LogP contribution >= 0.6 is 0 Å². The lowest BCUT2D eigenvalue weighted by molar-refractivity contribution is 0.199. The molecule has 0 atom stereocenters. The topological polar surface area (TPSA) is 62.8 Å². The maximum absolute atomic E-state index is 4.95. The van der Waals surface area contributed by atoms with Crippen LogP contribution in [0.1, 0.15) is 5.82 Å². The zero-order valence-corrected chi connectivity index (χ0v) is 9.81. The second-order valence-corrected chi connectivity index (χ2v) is 3.63. The van der Waals surface area contributed by atoms with Crippen molar-refractivity contribution in [1.29, 1.82) is 0 Å². The van der Waals surface area contributed by atoms with Crippen LogP contribution in [0.5, 0.6) is 0 Å². The number of methoxy groups -OCH3 is 1. The van der Waals surface area contributed by atoms with Crippen molar-refractivity contribution in [3.63, 3.8) is 0 Å². The normalized spacial score (nSPS) is 10.6. The highest BCUT2D eigenvalue weighted by molar-refractivity contribution is 5.52. The van der Waals surface area contributed by atoms with E-state index in [-0.39, 0.29) is 0 Å². The smallest absolute Gasteiger partial charge is 0.120 e. The molecule has 0 saturated heterocycles. The number of aromatic amines is 1. The van der Waals surface area contributed by atoms with Gasteiger partial charge in [0.2, 0.25) is 0 Å². The van der Waals surface area contributed by atoms with E-state index in [1.807, 2.05) is 18.2 Å². The number of ether oxygens (including phenoxy) is 1. The van der Waals surface area contributed by atoms with Crippen molar-refractivity contribution in [2.24, 2.45) is 0 Å². The summed E-state index contributed by atoms with van der Waals surface area (Å²) in [6.45, 7) is 2.22. The molecule has 5 heteroatoms. The van der Waals surface area contributed by atoms with Crippen LogP contribution in [-0.2, 0) is 11.3 Å². The summed E-state index contributed by atoms with van der Waals surface area (Å²) in [4.78, 5) is 11.8. The van der Waals surface area contributed by atoms with Gasteiger partial charge < -0.3 is 15.0 Å². The van der Waals surface area contributed by atoms with Crippen molar-refractivity contribution < 1.29 is 4.74 Å². The van der Waals surface area contributed by atoms with Gasteiger partial charge in [-0.1, -0.05) is 6.07 Å². The van der Waals surface area contributed by atoms with Gasteiger partial charge in [0, 0.05) is 19.9 Å². The molecule has 17 heavy (non-hydrogen) atoms. The molecule has 0 spiro atoms. The number of hydrogen-bond acceptors (Lipinski definition) is 4. The zero-order valence-electron chi connectivity index (χ0n) is 9.81. The first-order valence-corrected chi connectivity index (χ1v) is 5.55. The van der Waals surface area contributed by atoms with Crippen LogP contribution in [0.25, 0.3) is 11.4 Å². The molecule has 0 amide bonds. The van der Waals surface area contributed by atoms with E-state index in [0.717, 1.165) is 23.8 Å². The van der Waals surface area contributed by atoms with E-state index in [1.165, 1.54) is 0 Å². The van der Waals surface area contributed by atoms with Crippen LogP contribution in [0.4, 0.5) is 0 Å². The fraction of sp³-hybridized carbons (Fsp3) is 0.333. The molecule has 0 fully saturated rings. The Morgan fingerprint density at radius 3 is 3.06 bits per heavy atom. The highest BCUT2D eigenvalue weighted by Crippen LogP contribution is 2.12. The van der Waals surface area contributed by atoms with Crippen molar-refractivity contribution in [1.82, 2.24) is 20.3 Å². The average Bonchev–Trinajstić information content (AvgIpc) is 2.85. The number of aromatic nitrogens is 3. The van der Waals surface area contributed by atoms with Crippen LogP contribution in [-0.4, -0.2) is 35.2 Å². The van der Waals surface area contributed by atoms with E-state index in [9.17, 15) is 0 Å². The number of imidazole rings is 1. The van der Waals surface area contributed by atoms with Gasteiger partial charge in [0.15, 0.2) is 0 Å². The lowest BCUT2D eigenvalue weighted by atomic mass is 10.3. The summed E-state index contributed by atoms with van der Waals surface area (Å²) >= 11 is 0. The first-order valence-electron chi connectivity index (χ1n) is 5.55. The third-order valence-corrected chi connectivity index (χ3v) is 2.34. The predicted molar refractivity (Wildman–Crippen MR) is 65.4 cm³/mol. The second kappa shape index (κ2) is 6.12. The average molecular weight is 232 g/mol. The maximum atomic E-state index is 4.95. The van der Waals surface area contributed by atoms with E-state index in [4.69, 9.17) is 4.74 Å². The quantitative estimate of drug-likeness (QED) is 0.735. The second-order valence-electron chi connectivity index (χ2n) is 3.63. The van der Waals surface area contributed by atoms with Crippen LogP contribution in [0.2, 0.25) is 0 Å². The van der Waals surface area contributed by atoms with Gasteiger partial charge in [-0.2, -0.15) is 0 Å². The van der Waals surface area contributed by atoms with Crippen LogP contribution in [0.3, 0.4) is 0 Å². The first kappa shape index (κ1) is 11.8. The minimum atomic E-state index is 0.702. The van der Waals surface area contributed by atoms with E-state index >= 15 is 0 Å². The molecule has 2 N–H and O–H groups in total. The Labute approximate surface area is 100 Å². The number of nitrogens with one attached hydrogen (secondary N) is 2. The van der Waals surface area contributed by atoms with E-state index in [0.29, 0.717) is 13.2 Å². The Morgan fingerprint density at radius 2 is 2.29 bits per heavy atom. The monoisotopic (exact) mass is 232 g/mol. The summed E-state index contributed by atoms with van der Waals surface area (Å²) in [6.07, 6.45) is 3.57. The Hall–Kier alpha value is -1.72. The Balaban J connectivity index is 1.92. The standard InChI is InChI=1S/C12H16N4O/c1-17-7-6-13-9-12-15-8-11(16-12)10-4-2-3-5-14-10/h2-5,8,13H,6-7,9H2,1H3,(H,15,16). The number of rotatable bonds is 6. The highest BCUT2D eigenvalue weighted by atomic mass is 16.5. The molecular formula is C12H16N4O. The van der Waals surface area contributed by atoms with E-state index in [2.05, 4.69) is 20.3 Å². The molecule has 0 aliphatic heterocycles. The molecule has 2 rings (SSSR count). The molecule has 0 aliphatic rings. The molecule has 0 unspecified atom stereocenters. The maximum Gasteiger partial charge on any atom is 0.120 e. The lowest BCUT2D eigenvalue weighted by Crippen LogP contribution is -2.19. The summed E-state index contributed by atoms with van der Waals surface area (Å²) in [7, 11) is 1.69. The zero-order chi connectivity index (χ0) is 11.9. The lowest BCUT2D eigenvalue weighted by Gasteiger charge is -2.00. The SMILES string of the molecule is COCCNCc1ncc(-c2ccccn2)[nH]1. The van der Waals surface area contributed by atoms with Gasteiger partial charge in [0.1, 0.15) is 5.82 Å². The van der Waals surface area contributed by atoms with E-state index < -0.39 is 0 Å².